The Labute approximate surface area is 128 Å². The van der Waals surface area contributed by atoms with E-state index in [4.69, 9.17) is 5.11 Å². The third-order valence-corrected chi connectivity index (χ3v) is 3.46. The Balaban J connectivity index is 2.75. The van der Waals surface area contributed by atoms with E-state index in [-0.39, 0.29) is 12.3 Å². The minimum Gasteiger partial charge on any atom is -0.481 e. The molecule has 0 aromatic heterocycles. The molecule has 104 valence electrons. The van der Waals surface area contributed by atoms with Crippen LogP contribution in [0.1, 0.15) is 37.0 Å². The van der Waals surface area contributed by atoms with Crippen molar-refractivity contribution in [3.8, 4) is 0 Å². The lowest BCUT2D eigenvalue weighted by Gasteiger charge is -2.25. The van der Waals surface area contributed by atoms with Gasteiger partial charge in [-0.2, -0.15) is 0 Å². The molecule has 0 aliphatic rings. The van der Waals surface area contributed by atoms with Crippen molar-refractivity contribution in [1.29, 1.82) is 0 Å². The van der Waals surface area contributed by atoms with Crippen LogP contribution in [0.2, 0.25) is 0 Å². The molecule has 1 rings (SSSR count). The number of halogens is 2. The Bertz CT molecular complexity index is 480. The van der Waals surface area contributed by atoms with Gasteiger partial charge in [0.2, 0.25) is 0 Å². The maximum absolute atomic E-state index is 12.1. The zero-order valence-corrected chi connectivity index (χ0v) is 13.8. The molecule has 0 fully saturated rings. The predicted octanol–water partition coefficient (Wildman–Crippen LogP) is 3.58. The van der Waals surface area contributed by atoms with E-state index in [9.17, 15) is 9.59 Å². The molecule has 19 heavy (non-hydrogen) atoms. The van der Waals surface area contributed by atoms with Crippen LogP contribution >= 0.6 is 31.9 Å². The summed E-state index contributed by atoms with van der Waals surface area (Å²) in [5.74, 6) is -1.09. The van der Waals surface area contributed by atoms with Gasteiger partial charge in [0.15, 0.2) is 0 Å². The summed E-state index contributed by atoms with van der Waals surface area (Å²) in [7, 11) is 0. The number of nitrogens with one attached hydrogen (secondary N) is 1. The summed E-state index contributed by atoms with van der Waals surface area (Å²) < 4.78 is 1.60. The molecule has 4 nitrogen and oxygen atoms in total. The third kappa shape index (κ3) is 5.74. The Kier molecular flexibility index (Phi) is 5.55. The molecule has 0 atom stereocenters. The molecule has 1 aromatic carbocycles. The largest absolute Gasteiger partial charge is 0.481 e. The van der Waals surface area contributed by atoms with Gasteiger partial charge < -0.3 is 10.4 Å². The SMILES string of the molecule is CC(C)(CCC(=O)O)NC(=O)c1cc(Br)cc(Br)c1. The first-order chi connectivity index (χ1) is 8.69. The normalized spacial score (nSPS) is 11.2. The van der Waals surface area contributed by atoms with Gasteiger partial charge in [-0.05, 0) is 38.5 Å². The molecule has 1 aromatic rings. The lowest BCUT2D eigenvalue weighted by atomic mass is 9.98. The van der Waals surface area contributed by atoms with Crippen molar-refractivity contribution >= 4 is 43.7 Å². The van der Waals surface area contributed by atoms with Crippen LogP contribution in [0.4, 0.5) is 0 Å². The van der Waals surface area contributed by atoms with E-state index >= 15 is 0 Å². The fraction of sp³-hybridized carbons (Fsp3) is 0.385. The highest BCUT2D eigenvalue weighted by atomic mass is 79.9. The van der Waals surface area contributed by atoms with Gasteiger partial charge >= 0.3 is 5.97 Å². The second-order valence-corrected chi connectivity index (χ2v) is 6.72. The Morgan fingerprint density at radius 1 is 1.21 bits per heavy atom. The topological polar surface area (TPSA) is 66.4 Å². The van der Waals surface area contributed by atoms with Crippen LogP contribution < -0.4 is 5.32 Å². The molecule has 0 heterocycles. The number of carboxylic acids is 1. The van der Waals surface area contributed by atoms with E-state index in [0.717, 1.165) is 8.95 Å². The van der Waals surface area contributed by atoms with Crippen LogP contribution in [-0.2, 0) is 4.79 Å². The minimum atomic E-state index is -0.868. The van der Waals surface area contributed by atoms with Gasteiger partial charge in [0, 0.05) is 26.5 Å². The van der Waals surface area contributed by atoms with E-state index in [1.54, 1.807) is 26.0 Å². The molecular weight excluding hydrogens is 378 g/mol. The van der Waals surface area contributed by atoms with Crippen LogP contribution in [0.25, 0.3) is 0 Å². The summed E-state index contributed by atoms with van der Waals surface area (Å²) in [5, 5.41) is 11.5. The van der Waals surface area contributed by atoms with Crippen LogP contribution in [0.3, 0.4) is 0 Å². The molecule has 1 amide bonds. The first kappa shape index (κ1) is 16.2. The molecule has 0 saturated carbocycles. The summed E-state index contributed by atoms with van der Waals surface area (Å²) >= 11 is 6.65. The average molecular weight is 393 g/mol. The Morgan fingerprint density at radius 3 is 2.21 bits per heavy atom. The number of carbonyl (C=O) groups excluding carboxylic acids is 1. The monoisotopic (exact) mass is 391 g/mol. The number of carbonyl (C=O) groups is 2. The third-order valence-electron chi connectivity index (χ3n) is 2.54. The van der Waals surface area contributed by atoms with E-state index in [1.165, 1.54) is 0 Å². The molecule has 0 bridgehead atoms. The fourth-order valence-corrected chi connectivity index (χ4v) is 2.84. The van der Waals surface area contributed by atoms with Gasteiger partial charge in [0.05, 0.1) is 0 Å². The van der Waals surface area contributed by atoms with E-state index < -0.39 is 11.5 Å². The number of benzene rings is 1. The first-order valence-electron chi connectivity index (χ1n) is 5.70. The molecule has 0 spiro atoms. The Hall–Kier alpha value is -0.880. The Morgan fingerprint density at radius 2 is 1.74 bits per heavy atom. The lowest BCUT2D eigenvalue weighted by Crippen LogP contribution is -2.43. The van der Waals surface area contributed by atoms with Crippen molar-refractivity contribution in [3.63, 3.8) is 0 Å². The standard InChI is InChI=1S/C13H15Br2NO3/c1-13(2,4-3-11(17)18)16-12(19)8-5-9(14)7-10(15)6-8/h5-7H,3-4H2,1-2H3,(H,16,19)(H,17,18). The molecule has 0 saturated heterocycles. The first-order valence-corrected chi connectivity index (χ1v) is 7.28. The van der Waals surface area contributed by atoms with Crippen molar-refractivity contribution in [1.82, 2.24) is 5.32 Å². The summed E-state index contributed by atoms with van der Waals surface area (Å²) in [6.45, 7) is 3.61. The quantitative estimate of drug-likeness (QED) is 0.804. The second kappa shape index (κ2) is 6.52. The van der Waals surface area contributed by atoms with E-state index in [0.29, 0.717) is 12.0 Å². The van der Waals surface area contributed by atoms with E-state index in [2.05, 4.69) is 37.2 Å². The number of rotatable bonds is 5. The number of amides is 1. The molecule has 0 unspecified atom stereocenters. The predicted molar refractivity (Wildman–Crippen MR) is 80.3 cm³/mol. The van der Waals surface area contributed by atoms with Gasteiger partial charge in [-0.25, -0.2) is 0 Å². The van der Waals surface area contributed by atoms with Crippen molar-refractivity contribution in [2.75, 3.05) is 0 Å². The van der Waals surface area contributed by atoms with Gasteiger partial charge in [-0.3, -0.25) is 9.59 Å². The smallest absolute Gasteiger partial charge is 0.303 e. The van der Waals surface area contributed by atoms with Gasteiger partial charge in [0.25, 0.3) is 5.91 Å². The maximum atomic E-state index is 12.1. The van der Waals surface area contributed by atoms with Crippen molar-refractivity contribution in [2.45, 2.75) is 32.2 Å². The fourth-order valence-electron chi connectivity index (χ4n) is 1.55. The van der Waals surface area contributed by atoms with E-state index in [1.807, 2.05) is 6.07 Å². The number of hydrogen-bond donors (Lipinski definition) is 2. The summed E-state index contributed by atoms with van der Waals surface area (Å²) in [5.41, 5.74) is -0.0470. The number of aliphatic carboxylic acids is 1. The molecular formula is C13H15Br2NO3. The summed E-state index contributed by atoms with van der Waals surface area (Å²) in [6.07, 6.45) is 0.401. The summed E-state index contributed by atoms with van der Waals surface area (Å²) in [6, 6.07) is 5.27. The number of hydrogen-bond acceptors (Lipinski definition) is 2. The highest BCUT2D eigenvalue weighted by Gasteiger charge is 2.22. The van der Waals surface area contributed by atoms with Crippen LogP contribution in [-0.4, -0.2) is 22.5 Å². The molecule has 6 heteroatoms. The van der Waals surface area contributed by atoms with Crippen molar-refractivity contribution in [2.24, 2.45) is 0 Å². The lowest BCUT2D eigenvalue weighted by molar-refractivity contribution is -0.137. The van der Waals surface area contributed by atoms with Crippen LogP contribution in [0.15, 0.2) is 27.1 Å². The molecule has 0 aliphatic carbocycles. The summed E-state index contributed by atoms with van der Waals surface area (Å²) in [4.78, 5) is 22.7. The molecule has 0 radical (unpaired) electrons. The average Bonchev–Trinajstić information content (AvgIpc) is 2.24. The van der Waals surface area contributed by atoms with Crippen LogP contribution in [0.5, 0.6) is 0 Å². The highest BCUT2D eigenvalue weighted by molar-refractivity contribution is 9.11. The zero-order valence-electron chi connectivity index (χ0n) is 10.7. The molecule has 2 N–H and O–H groups in total. The minimum absolute atomic E-state index is 0.0233. The van der Waals surface area contributed by atoms with Crippen molar-refractivity contribution < 1.29 is 14.7 Å². The maximum Gasteiger partial charge on any atom is 0.303 e. The van der Waals surface area contributed by atoms with Crippen LogP contribution in [0, 0.1) is 0 Å². The molecule has 0 aliphatic heterocycles. The van der Waals surface area contributed by atoms with Gasteiger partial charge in [-0.1, -0.05) is 31.9 Å². The second-order valence-electron chi connectivity index (χ2n) is 4.89. The van der Waals surface area contributed by atoms with Gasteiger partial charge in [-0.15, -0.1) is 0 Å². The highest BCUT2D eigenvalue weighted by Crippen LogP contribution is 2.21. The number of carboxylic acid groups (broad SMARTS) is 1. The zero-order chi connectivity index (χ0) is 14.6. The van der Waals surface area contributed by atoms with Crippen molar-refractivity contribution in [3.05, 3.63) is 32.7 Å². The van der Waals surface area contributed by atoms with Gasteiger partial charge in [0.1, 0.15) is 0 Å².